The van der Waals surface area contributed by atoms with Crippen LogP contribution in [0, 0.1) is 30.6 Å². The number of rotatable bonds is 11. The molecule has 354 valence electrons. The number of quaternary nitrogens is 2. The minimum atomic E-state index is -4.02. The van der Waals surface area contributed by atoms with E-state index < -0.39 is 30.7 Å². The van der Waals surface area contributed by atoms with Crippen LogP contribution in [0.2, 0.25) is 0 Å². The Labute approximate surface area is 400 Å². The molecule has 0 bridgehead atoms. The minimum Gasteiger partial charge on any atom is -0.489 e. The van der Waals surface area contributed by atoms with E-state index in [1.807, 2.05) is 37.3 Å². The quantitative estimate of drug-likeness (QED) is 0.101. The zero-order chi connectivity index (χ0) is 48.4. The highest BCUT2D eigenvalue weighted by Gasteiger charge is 2.57. The maximum absolute atomic E-state index is 11.8. The van der Waals surface area contributed by atoms with Crippen molar-refractivity contribution in [3.05, 3.63) is 186 Å². The Morgan fingerprint density at radius 1 is 0.761 bits per heavy atom. The first-order chi connectivity index (χ1) is 31.8. The predicted molar refractivity (Wildman–Crippen MR) is 270 cm³/mol. The fourth-order valence-electron chi connectivity index (χ4n) is 11.6. The van der Waals surface area contributed by atoms with Gasteiger partial charge in [-0.05, 0) is 127 Å². The van der Waals surface area contributed by atoms with Crippen LogP contribution in [0.15, 0.2) is 185 Å². The monoisotopic (exact) mass is 964 g/mol. The lowest BCUT2D eigenvalue weighted by atomic mass is 9.73. The largest absolute Gasteiger partial charge is 0.489 e. The summed E-state index contributed by atoms with van der Waals surface area (Å²) in [5, 5.41) is 0. The van der Waals surface area contributed by atoms with Gasteiger partial charge in [-0.2, -0.15) is 25.3 Å². The Morgan fingerprint density at radius 3 is 1.93 bits per heavy atom. The van der Waals surface area contributed by atoms with E-state index in [2.05, 4.69) is 96.5 Å². The summed E-state index contributed by atoms with van der Waals surface area (Å²) in [6.45, 7) is 14.5. The molecule has 0 spiro atoms. The van der Waals surface area contributed by atoms with Gasteiger partial charge in [-0.1, -0.05) is 72.9 Å². The van der Waals surface area contributed by atoms with E-state index in [-0.39, 0.29) is 40.8 Å². The van der Waals surface area contributed by atoms with Crippen LogP contribution in [0.3, 0.4) is 0 Å². The normalized spacial score (nSPS) is 29.1. The van der Waals surface area contributed by atoms with Gasteiger partial charge in [0.2, 0.25) is 20.6 Å². The number of likely N-dealkylation sites (tertiary alicyclic amines) is 2. The predicted octanol–water partition coefficient (Wildman–Crippen LogP) is 8.89. The van der Waals surface area contributed by atoms with E-state index >= 15 is 0 Å². The molecule has 2 heterocycles. The first kappa shape index (κ1) is 49.7. The second-order valence-corrected chi connectivity index (χ2v) is 22.8. The smallest absolute Gasteiger partial charge is 0.294 e. The number of aryl methyl sites for hydroxylation is 1. The lowest BCUT2D eigenvalue weighted by molar-refractivity contribution is -0.915. The van der Waals surface area contributed by atoms with Gasteiger partial charge in [0.15, 0.2) is 0 Å². The van der Waals surface area contributed by atoms with Crippen molar-refractivity contribution in [3.8, 4) is 0 Å². The third-order valence-electron chi connectivity index (χ3n) is 14.9. The second kappa shape index (κ2) is 20.2. The summed E-state index contributed by atoms with van der Waals surface area (Å²) >= 11 is 0. The molecular weight excluding hydrogens is 901 g/mol. The van der Waals surface area contributed by atoms with Gasteiger partial charge in [0, 0.05) is 30.6 Å². The van der Waals surface area contributed by atoms with Crippen molar-refractivity contribution in [1.82, 2.24) is 0 Å². The van der Waals surface area contributed by atoms with Gasteiger partial charge in [0.1, 0.15) is 36.2 Å². The molecule has 13 heteroatoms. The van der Waals surface area contributed by atoms with E-state index in [0.29, 0.717) is 35.1 Å². The second-order valence-electron chi connectivity index (χ2n) is 19.4. The Morgan fingerprint density at radius 2 is 1.36 bits per heavy atom. The number of hydrogen-bond donors (Lipinski definition) is 1. The standard InChI is InChI=1S/C47H56N2O5S2.C7H8O3S/c1-8-12-39-41(48(4,5)43-26-18-33-29-35(55(50)51)20-22-37(33)45(39)43)24-16-31-14-11-15-32(47(31)54-28-10-3)17-25-42-40(13-9-2)46-38-23-21-36(56(52)53)30-34(38)19-27-44(46)49(42,6)7;1-6-2-4-7(5-3-6)11(8,9)10/h8-10,16-27,39-41,43-46H,1-3,11-15,28-30H2,4-7H3;2-5H,1H3,(H,8,9,10)/q+2;. The van der Waals surface area contributed by atoms with Crippen molar-refractivity contribution < 1.29 is 43.5 Å². The molecule has 7 unspecified atom stereocenters. The van der Waals surface area contributed by atoms with Crippen LogP contribution in [0.4, 0.5) is 0 Å². The van der Waals surface area contributed by atoms with Crippen LogP contribution in [0.1, 0.15) is 50.5 Å². The Hall–Kier alpha value is -5.15. The molecule has 67 heavy (non-hydrogen) atoms. The molecule has 0 radical (unpaired) electrons. The molecule has 7 atom stereocenters. The number of likely N-dealkylation sites (N-methyl/N-ethyl adjacent to an activating group) is 2. The zero-order valence-corrected chi connectivity index (χ0v) is 41.7. The molecule has 1 aromatic carbocycles. The Kier molecular flexibility index (Phi) is 15.0. The van der Waals surface area contributed by atoms with E-state index in [9.17, 15) is 25.3 Å². The van der Waals surface area contributed by atoms with Crippen molar-refractivity contribution >= 4 is 40.4 Å². The molecular formula is C54H64N2O8S3+2. The lowest BCUT2D eigenvalue weighted by Gasteiger charge is -2.38. The fourth-order valence-corrected chi connectivity index (χ4v) is 13.0. The molecule has 2 fully saturated rings. The summed E-state index contributed by atoms with van der Waals surface area (Å²) in [7, 11) is 0.758. The summed E-state index contributed by atoms with van der Waals surface area (Å²) in [5.74, 6) is 1.94. The first-order valence-corrected chi connectivity index (χ1v) is 26.5. The molecule has 5 aliphatic carbocycles. The van der Waals surface area contributed by atoms with E-state index in [0.717, 1.165) is 63.5 Å². The highest BCUT2D eigenvalue weighted by atomic mass is 32.2. The Bertz CT molecular complexity index is 2950. The van der Waals surface area contributed by atoms with E-state index in [1.54, 1.807) is 24.3 Å². The fraction of sp³-hybridized carbons (Fsp3) is 0.370. The molecule has 0 aromatic heterocycles. The summed E-state index contributed by atoms with van der Waals surface area (Å²) in [6, 6.07) is 6.69. The molecule has 7 aliphatic rings. The van der Waals surface area contributed by atoms with Gasteiger partial charge in [0.05, 0.1) is 48.7 Å². The molecule has 0 amide bonds. The lowest BCUT2D eigenvalue weighted by Crippen LogP contribution is -2.50. The Balaban J connectivity index is 0.000000532. The van der Waals surface area contributed by atoms with Crippen LogP contribution in [-0.2, 0) is 35.4 Å². The highest BCUT2D eigenvalue weighted by molar-refractivity contribution is 7.85. The third-order valence-corrected chi connectivity index (χ3v) is 17.1. The summed E-state index contributed by atoms with van der Waals surface area (Å²) in [5.41, 5.74) is 9.38. The van der Waals surface area contributed by atoms with Crippen molar-refractivity contribution in [2.24, 2.45) is 23.7 Å². The molecule has 8 rings (SSSR count). The number of benzene rings is 1. The number of allylic oxidation sites excluding steroid dienone is 16. The molecule has 2 saturated heterocycles. The average Bonchev–Trinajstić information content (AvgIpc) is 3.64. The van der Waals surface area contributed by atoms with Crippen molar-refractivity contribution in [2.75, 3.05) is 34.8 Å². The summed E-state index contributed by atoms with van der Waals surface area (Å²) in [4.78, 5) is 0.807. The topological polar surface area (TPSA) is 132 Å². The van der Waals surface area contributed by atoms with Crippen LogP contribution < -0.4 is 0 Å². The maximum atomic E-state index is 11.8. The highest BCUT2D eigenvalue weighted by Crippen LogP contribution is 2.53. The molecule has 2 aliphatic heterocycles. The van der Waals surface area contributed by atoms with Crippen LogP contribution in [-0.4, -0.2) is 101 Å². The van der Waals surface area contributed by atoms with Crippen molar-refractivity contribution in [3.63, 3.8) is 0 Å². The number of nitrogens with zero attached hydrogens (tertiary/aromatic N) is 2. The summed E-state index contributed by atoms with van der Waals surface area (Å²) < 4.78 is 84.9. The maximum Gasteiger partial charge on any atom is 0.294 e. The van der Waals surface area contributed by atoms with Crippen molar-refractivity contribution in [2.45, 2.75) is 74.9 Å². The molecule has 10 nitrogen and oxygen atoms in total. The molecule has 1 N–H and O–H groups in total. The van der Waals surface area contributed by atoms with Gasteiger partial charge in [-0.25, -0.2) is 0 Å². The van der Waals surface area contributed by atoms with Gasteiger partial charge in [0.25, 0.3) is 10.1 Å². The minimum absolute atomic E-state index is 0.0666. The van der Waals surface area contributed by atoms with Gasteiger partial charge in [-0.15, -0.1) is 13.2 Å². The number of fused-ring (bicyclic) bond motifs is 4. The molecule has 0 saturated carbocycles. The third kappa shape index (κ3) is 10.0. The van der Waals surface area contributed by atoms with E-state index in [1.165, 1.54) is 40.1 Å². The van der Waals surface area contributed by atoms with Crippen LogP contribution in [0.25, 0.3) is 0 Å². The molecule has 1 aromatic rings. The van der Waals surface area contributed by atoms with Crippen LogP contribution in [0.5, 0.6) is 0 Å². The van der Waals surface area contributed by atoms with Gasteiger partial charge in [-0.3, -0.25) is 9.04 Å². The van der Waals surface area contributed by atoms with Gasteiger partial charge >= 0.3 is 0 Å². The first-order valence-electron chi connectivity index (χ1n) is 22.9. The number of ether oxygens (including phenoxy) is 1. The average molecular weight is 965 g/mol. The number of hydrogen-bond acceptors (Lipinski definition) is 7. The SMILES string of the molecule is C=CCOC1=C(C=CC2C(CC=C)C3C4=C(C=CC3[N+]2(C)C)CC(=S(=O)=O)C=C4)CCCC1=CC=C1C(CC=C)C2C3=C(C=CC2[N+]1(C)C)CC(=S(=O)=O)C=C3.Cc1ccc(S(=O)(=O)O)cc1. The summed E-state index contributed by atoms with van der Waals surface area (Å²) in [6.07, 6.45) is 37.2. The van der Waals surface area contributed by atoms with Gasteiger partial charge < -0.3 is 9.22 Å². The van der Waals surface area contributed by atoms with Crippen molar-refractivity contribution in [1.29, 1.82) is 0 Å². The van der Waals surface area contributed by atoms with E-state index in [4.69, 9.17) is 9.29 Å². The van der Waals surface area contributed by atoms with Crippen LogP contribution >= 0.6 is 0 Å². The zero-order valence-electron chi connectivity index (χ0n) is 39.2.